The molecule has 168 valence electrons. The largest absolute Gasteiger partial charge is 0.362 e. The molecule has 5 nitrogen and oxygen atoms in total. The van der Waals surface area contributed by atoms with Gasteiger partial charge in [-0.25, -0.2) is 4.68 Å². The van der Waals surface area contributed by atoms with Crippen molar-refractivity contribution < 1.29 is 4.79 Å². The zero-order valence-corrected chi connectivity index (χ0v) is 19.9. The van der Waals surface area contributed by atoms with E-state index in [0.29, 0.717) is 12.5 Å². The molecule has 1 aliphatic carbocycles. The topological polar surface area (TPSA) is 41.4 Å². The predicted octanol–water partition coefficient (Wildman–Crippen LogP) is 5.42. The summed E-state index contributed by atoms with van der Waals surface area (Å²) in [6.07, 6.45) is 2.41. The molecule has 0 N–H and O–H groups in total. The van der Waals surface area contributed by atoms with Gasteiger partial charge in [-0.2, -0.15) is 5.10 Å². The molecule has 1 amide bonds. The summed E-state index contributed by atoms with van der Waals surface area (Å²) in [5.74, 6) is 2.01. The highest BCUT2D eigenvalue weighted by atomic mass is 16.2. The average molecular weight is 431 g/mol. The number of amides is 1. The molecule has 4 rings (SSSR count). The van der Waals surface area contributed by atoms with Crippen LogP contribution in [0.3, 0.4) is 0 Å². The Bertz CT molecular complexity index is 1060. The van der Waals surface area contributed by atoms with Crippen LogP contribution in [0.25, 0.3) is 5.69 Å². The standard InChI is InChI=1S/C27H34N4O/c1-19(2)25-24(26(29(4)5)31(28-25)23-9-7-6-8-10-23)18-30(17-21-13-14-21)27(32)22-15-11-20(3)12-16-22/h6-12,15-16,19,21H,13-14,17-18H2,1-5H3. The van der Waals surface area contributed by atoms with Gasteiger partial charge in [-0.1, -0.05) is 49.7 Å². The van der Waals surface area contributed by atoms with Crippen LogP contribution in [0.15, 0.2) is 54.6 Å². The van der Waals surface area contributed by atoms with Crippen LogP contribution >= 0.6 is 0 Å². The van der Waals surface area contributed by atoms with Gasteiger partial charge in [-0.3, -0.25) is 4.79 Å². The van der Waals surface area contributed by atoms with Crippen molar-refractivity contribution in [1.82, 2.24) is 14.7 Å². The molecule has 0 spiro atoms. The van der Waals surface area contributed by atoms with Crippen molar-refractivity contribution in [1.29, 1.82) is 0 Å². The van der Waals surface area contributed by atoms with Crippen LogP contribution in [-0.2, 0) is 6.54 Å². The number of hydrogen-bond acceptors (Lipinski definition) is 3. The first kappa shape index (κ1) is 22.1. The van der Waals surface area contributed by atoms with E-state index in [1.54, 1.807) is 0 Å². The Kier molecular flexibility index (Phi) is 6.35. The number of para-hydroxylation sites is 1. The minimum atomic E-state index is 0.101. The lowest BCUT2D eigenvalue weighted by atomic mass is 10.0. The summed E-state index contributed by atoms with van der Waals surface area (Å²) in [5, 5.41) is 5.03. The molecular formula is C27H34N4O. The summed E-state index contributed by atoms with van der Waals surface area (Å²) in [5.41, 5.74) is 5.13. The van der Waals surface area contributed by atoms with E-state index in [9.17, 15) is 4.79 Å². The molecule has 0 atom stereocenters. The van der Waals surface area contributed by atoms with Crippen LogP contribution in [0.2, 0.25) is 0 Å². The van der Waals surface area contributed by atoms with Crippen LogP contribution in [0.1, 0.15) is 59.8 Å². The molecule has 1 aromatic heterocycles. The lowest BCUT2D eigenvalue weighted by Crippen LogP contribution is -2.33. The van der Waals surface area contributed by atoms with Crippen molar-refractivity contribution in [2.45, 2.75) is 46.1 Å². The van der Waals surface area contributed by atoms with E-state index in [-0.39, 0.29) is 11.8 Å². The van der Waals surface area contributed by atoms with Gasteiger partial charge in [-0.05, 0) is 55.9 Å². The van der Waals surface area contributed by atoms with Crippen molar-refractivity contribution in [3.63, 3.8) is 0 Å². The fraction of sp³-hybridized carbons (Fsp3) is 0.407. The molecule has 1 fully saturated rings. The molecule has 0 aliphatic heterocycles. The van der Waals surface area contributed by atoms with Crippen molar-refractivity contribution in [3.05, 3.63) is 77.0 Å². The van der Waals surface area contributed by atoms with Crippen LogP contribution in [0.5, 0.6) is 0 Å². The lowest BCUT2D eigenvalue weighted by Gasteiger charge is -2.25. The zero-order valence-electron chi connectivity index (χ0n) is 19.9. The predicted molar refractivity (Wildman–Crippen MR) is 131 cm³/mol. The van der Waals surface area contributed by atoms with Gasteiger partial charge in [0, 0.05) is 31.8 Å². The Hall–Kier alpha value is -3.08. The van der Waals surface area contributed by atoms with Gasteiger partial charge in [0.2, 0.25) is 0 Å². The normalized spacial score (nSPS) is 13.4. The third-order valence-corrected chi connectivity index (χ3v) is 6.07. The fourth-order valence-electron chi connectivity index (χ4n) is 4.18. The van der Waals surface area contributed by atoms with Crippen LogP contribution in [0, 0.1) is 12.8 Å². The third kappa shape index (κ3) is 4.72. The quantitative estimate of drug-likeness (QED) is 0.479. The summed E-state index contributed by atoms with van der Waals surface area (Å²) in [7, 11) is 4.11. The SMILES string of the molecule is Cc1ccc(C(=O)N(Cc2c(C(C)C)nn(-c3ccccc3)c2N(C)C)CC2CC2)cc1. The number of carbonyl (C=O) groups excluding carboxylic acids is 1. The number of rotatable bonds is 8. The van der Waals surface area contributed by atoms with E-state index in [1.807, 2.05) is 59.0 Å². The fourth-order valence-corrected chi connectivity index (χ4v) is 4.18. The van der Waals surface area contributed by atoms with Crippen LogP contribution in [0.4, 0.5) is 5.82 Å². The Morgan fingerprint density at radius 3 is 2.28 bits per heavy atom. The van der Waals surface area contributed by atoms with Crippen LogP contribution in [-0.4, -0.2) is 41.2 Å². The number of nitrogens with zero attached hydrogens (tertiary/aromatic N) is 4. The van der Waals surface area contributed by atoms with E-state index >= 15 is 0 Å². The Morgan fingerprint density at radius 2 is 1.72 bits per heavy atom. The van der Waals surface area contributed by atoms with Crippen molar-refractivity contribution in [2.75, 3.05) is 25.5 Å². The van der Waals surface area contributed by atoms with Gasteiger partial charge in [-0.15, -0.1) is 0 Å². The number of aryl methyl sites for hydroxylation is 1. The van der Waals surface area contributed by atoms with Crippen molar-refractivity contribution >= 4 is 11.7 Å². The van der Waals surface area contributed by atoms with E-state index < -0.39 is 0 Å². The molecule has 0 unspecified atom stereocenters. The Balaban J connectivity index is 1.76. The zero-order chi connectivity index (χ0) is 22.8. The van der Waals surface area contributed by atoms with Gasteiger partial charge in [0.1, 0.15) is 5.82 Å². The summed E-state index contributed by atoms with van der Waals surface area (Å²) < 4.78 is 2.02. The molecule has 0 saturated heterocycles. The monoisotopic (exact) mass is 430 g/mol. The molecule has 32 heavy (non-hydrogen) atoms. The number of anilines is 1. The molecule has 1 aliphatic rings. The van der Waals surface area contributed by atoms with E-state index in [4.69, 9.17) is 5.10 Å². The minimum absolute atomic E-state index is 0.101. The third-order valence-electron chi connectivity index (χ3n) is 6.07. The van der Waals surface area contributed by atoms with Crippen LogP contribution < -0.4 is 4.90 Å². The highest BCUT2D eigenvalue weighted by Crippen LogP contribution is 2.34. The molecule has 3 aromatic rings. The van der Waals surface area contributed by atoms with Gasteiger partial charge in [0.25, 0.3) is 5.91 Å². The van der Waals surface area contributed by atoms with Gasteiger partial charge >= 0.3 is 0 Å². The molecule has 0 radical (unpaired) electrons. The maximum atomic E-state index is 13.5. The minimum Gasteiger partial charge on any atom is -0.362 e. The second kappa shape index (κ2) is 9.19. The summed E-state index contributed by atoms with van der Waals surface area (Å²) in [6, 6.07) is 18.2. The number of aromatic nitrogens is 2. The Labute approximate surface area is 191 Å². The lowest BCUT2D eigenvalue weighted by molar-refractivity contribution is 0.0734. The molecule has 1 saturated carbocycles. The second-order valence-electron chi connectivity index (χ2n) is 9.48. The molecule has 2 aromatic carbocycles. The highest BCUT2D eigenvalue weighted by molar-refractivity contribution is 5.94. The summed E-state index contributed by atoms with van der Waals surface area (Å²) in [6.45, 7) is 7.76. The first-order valence-electron chi connectivity index (χ1n) is 11.6. The molecule has 1 heterocycles. The summed E-state index contributed by atoms with van der Waals surface area (Å²) >= 11 is 0. The number of benzene rings is 2. The maximum Gasteiger partial charge on any atom is 0.254 e. The molecule has 5 heteroatoms. The Morgan fingerprint density at radius 1 is 1.06 bits per heavy atom. The maximum absolute atomic E-state index is 13.5. The first-order chi connectivity index (χ1) is 15.3. The van der Waals surface area contributed by atoms with Gasteiger partial charge in [0.05, 0.1) is 17.9 Å². The van der Waals surface area contributed by atoms with Gasteiger partial charge < -0.3 is 9.80 Å². The second-order valence-corrected chi connectivity index (χ2v) is 9.48. The van der Waals surface area contributed by atoms with E-state index in [0.717, 1.165) is 40.4 Å². The summed E-state index contributed by atoms with van der Waals surface area (Å²) in [4.78, 5) is 17.7. The number of hydrogen-bond donors (Lipinski definition) is 0. The number of carbonyl (C=O) groups is 1. The van der Waals surface area contributed by atoms with Gasteiger partial charge in [0.15, 0.2) is 0 Å². The highest BCUT2D eigenvalue weighted by Gasteiger charge is 2.30. The average Bonchev–Trinajstić information content (AvgIpc) is 3.51. The van der Waals surface area contributed by atoms with E-state index in [2.05, 4.69) is 45.0 Å². The molecule has 0 bridgehead atoms. The van der Waals surface area contributed by atoms with Crippen molar-refractivity contribution in [2.24, 2.45) is 5.92 Å². The molecular weight excluding hydrogens is 396 g/mol. The van der Waals surface area contributed by atoms with Crippen molar-refractivity contribution in [3.8, 4) is 5.69 Å². The first-order valence-corrected chi connectivity index (χ1v) is 11.6. The smallest absolute Gasteiger partial charge is 0.254 e. The van der Waals surface area contributed by atoms with E-state index in [1.165, 1.54) is 12.8 Å².